The fourth-order valence-corrected chi connectivity index (χ4v) is 6.80. The fraction of sp³-hybridized carbons (Fsp3) is 0.714. The van der Waals surface area contributed by atoms with Crippen LogP contribution in [-0.4, -0.2) is 105 Å². The summed E-state index contributed by atoms with van der Waals surface area (Å²) in [6.45, 7) is 8.32. The van der Waals surface area contributed by atoms with Gasteiger partial charge in [0.1, 0.15) is 5.70 Å². The number of rotatable bonds is 5. The van der Waals surface area contributed by atoms with Crippen molar-refractivity contribution in [3.05, 3.63) is 10.6 Å². The maximum atomic E-state index is 13.0. The van der Waals surface area contributed by atoms with Crippen molar-refractivity contribution < 1.29 is 24.6 Å². The second-order valence-electron chi connectivity index (χ2n) is 9.11. The summed E-state index contributed by atoms with van der Waals surface area (Å²) in [7, 11) is 0. The minimum atomic E-state index is -1.13. The van der Waals surface area contributed by atoms with Crippen LogP contribution in [0.25, 0.3) is 0 Å². The fourth-order valence-electron chi connectivity index (χ4n) is 5.32. The van der Waals surface area contributed by atoms with Gasteiger partial charge in [-0.3, -0.25) is 15.0 Å². The van der Waals surface area contributed by atoms with Gasteiger partial charge < -0.3 is 30.2 Å². The summed E-state index contributed by atoms with van der Waals surface area (Å²) >= 11 is 1.45. The normalized spacial score (nSPS) is 33.3. The van der Waals surface area contributed by atoms with Crippen molar-refractivity contribution in [1.29, 1.82) is 5.41 Å². The average molecular weight is 466 g/mol. The zero-order valence-electron chi connectivity index (χ0n) is 18.6. The Morgan fingerprint density at radius 2 is 1.84 bits per heavy atom. The number of fused-ring (bicyclic) bond motifs is 1. The number of hydrogen-bond donors (Lipinski definition) is 4. The van der Waals surface area contributed by atoms with Gasteiger partial charge in [0.15, 0.2) is 0 Å². The number of aliphatic hydroxyl groups excluding tert-OH is 1. The van der Waals surface area contributed by atoms with E-state index in [1.54, 1.807) is 13.8 Å². The topological polar surface area (TPSA) is 137 Å². The lowest BCUT2D eigenvalue weighted by Gasteiger charge is -2.46. The van der Waals surface area contributed by atoms with Gasteiger partial charge in [0, 0.05) is 48.8 Å². The second kappa shape index (κ2) is 8.68. The molecule has 0 aromatic heterocycles. The van der Waals surface area contributed by atoms with Crippen molar-refractivity contribution >= 4 is 35.4 Å². The predicted octanol–water partition coefficient (Wildman–Crippen LogP) is -0.255. The molecular formula is C21H31N5O5S. The van der Waals surface area contributed by atoms with Gasteiger partial charge in [0.05, 0.1) is 29.9 Å². The number of β-lactam (4-membered cyclic amide) rings is 1. The zero-order valence-corrected chi connectivity index (χ0v) is 19.4. The van der Waals surface area contributed by atoms with Crippen molar-refractivity contribution in [3.8, 4) is 0 Å². The van der Waals surface area contributed by atoms with E-state index in [-0.39, 0.29) is 40.8 Å². The second-order valence-corrected chi connectivity index (χ2v) is 10.4. The standard InChI is InChI=1S/C21H31N5O5S/c1-10-16-15(11(2)27)20(29)26(16)17(21(30)31)18(10)32-13-8-14(23-9-13)19(28)25-6-4-24(5-7-25)12(3)22/h10-11,13-16,22-23,27H,4-9H2,1-3H3,(H,30,31)/t10-,11?,13+,14+,15-,16-/m1/s1. The van der Waals surface area contributed by atoms with Gasteiger partial charge in [0.25, 0.3) is 0 Å². The van der Waals surface area contributed by atoms with Crippen LogP contribution in [0.15, 0.2) is 10.6 Å². The molecule has 0 bridgehead atoms. The van der Waals surface area contributed by atoms with Crippen LogP contribution in [0.2, 0.25) is 0 Å². The summed E-state index contributed by atoms with van der Waals surface area (Å²) in [6, 6.07) is -0.633. The molecule has 0 saturated carbocycles. The molecule has 4 aliphatic rings. The molecule has 32 heavy (non-hydrogen) atoms. The molecule has 3 fully saturated rings. The monoisotopic (exact) mass is 465 g/mol. The highest BCUT2D eigenvalue weighted by atomic mass is 32.2. The minimum absolute atomic E-state index is 0.0275. The number of aliphatic carboxylic acids is 1. The minimum Gasteiger partial charge on any atom is -0.477 e. The molecule has 4 N–H and O–H groups in total. The number of thioether (sulfide) groups is 1. The molecule has 11 heteroatoms. The molecule has 4 rings (SSSR count). The number of carbonyl (C=O) groups excluding carboxylic acids is 2. The van der Waals surface area contributed by atoms with Crippen LogP contribution in [0.1, 0.15) is 27.2 Å². The largest absolute Gasteiger partial charge is 0.477 e. The van der Waals surface area contributed by atoms with E-state index in [1.165, 1.54) is 16.7 Å². The van der Waals surface area contributed by atoms with Gasteiger partial charge in [-0.1, -0.05) is 6.92 Å². The Hall–Kier alpha value is -2.11. The van der Waals surface area contributed by atoms with Crippen molar-refractivity contribution in [2.75, 3.05) is 32.7 Å². The first-order chi connectivity index (χ1) is 15.1. The maximum Gasteiger partial charge on any atom is 0.353 e. The van der Waals surface area contributed by atoms with Crippen LogP contribution < -0.4 is 5.32 Å². The molecule has 176 valence electrons. The first-order valence-electron chi connectivity index (χ1n) is 11.1. The Kier molecular flexibility index (Phi) is 6.25. The van der Waals surface area contributed by atoms with E-state index < -0.39 is 18.0 Å². The lowest BCUT2D eigenvalue weighted by molar-refractivity contribution is -0.163. The van der Waals surface area contributed by atoms with Crippen molar-refractivity contribution in [3.63, 3.8) is 0 Å². The van der Waals surface area contributed by atoms with Crippen LogP contribution in [0.4, 0.5) is 0 Å². The first-order valence-corrected chi connectivity index (χ1v) is 12.0. The van der Waals surface area contributed by atoms with E-state index in [0.717, 1.165) is 0 Å². The van der Waals surface area contributed by atoms with Gasteiger partial charge in [-0.05, 0) is 20.3 Å². The number of amides is 2. The van der Waals surface area contributed by atoms with Crippen molar-refractivity contribution in [1.82, 2.24) is 20.0 Å². The molecule has 0 radical (unpaired) electrons. The van der Waals surface area contributed by atoms with Crippen LogP contribution in [0, 0.1) is 17.2 Å². The zero-order chi connectivity index (χ0) is 23.3. The lowest BCUT2D eigenvalue weighted by atomic mass is 9.79. The first kappa shape index (κ1) is 23.1. The third-order valence-electron chi connectivity index (χ3n) is 7.06. The molecule has 4 heterocycles. The highest BCUT2D eigenvalue weighted by molar-refractivity contribution is 8.03. The number of nitrogens with one attached hydrogen (secondary N) is 2. The highest BCUT2D eigenvalue weighted by Gasteiger charge is 2.60. The summed E-state index contributed by atoms with van der Waals surface area (Å²) in [6.07, 6.45) is -0.229. The number of carboxylic acids is 1. The predicted molar refractivity (Wildman–Crippen MR) is 119 cm³/mol. The number of piperazine rings is 1. The smallest absolute Gasteiger partial charge is 0.353 e. The molecule has 2 amide bonds. The molecule has 6 atom stereocenters. The van der Waals surface area contributed by atoms with Gasteiger partial charge in [0.2, 0.25) is 11.8 Å². The van der Waals surface area contributed by atoms with E-state index >= 15 is 0 Å². The number of hydrogen-bond acceptors (Lipinski definition) is 7. The number of carbonyl (C=O) groups is 3. The van der Waals surface area contributed by atoms with E-state index in [9.17, 15) is 24.6 Å². The molecule has 4 aliphatic heterocycles. The summed E-state index contributed by atoms with van der Waals surface area (Å²) < 4.78 is 0. The van der Waals surface area contributed by atoms with E-state index in [1.807, 2.05) is 16.7 Å². The summed E-state index contributed by atoms with van der Waals surface area (Å²) in [5, 5.41) is 30.8. The number of aliphatic hydroxyl groups is 1. The molecule has 0 aliphatic carbocycles. The van der Waals surface area contributed by atoms with Crippen molar-refractivity contribution in [2.45, 2.75) is 50.6 Å². The molecule has 10 nitrogen and oxygen atoms in total. The van der Waals surface area contributed by atoms with E-state index in [4.69, 9.17) is 5.41 Å². The summed E-state index contributed by atoms with van der Waals surface area (Å²) in [4.78, 5) is 43.2. The van der Waals surface area contributed by atoms with Gasteiger partial charge in [-0.15, -0.1) is 11.8 Å². The molecule has 0 spiro atoms. The van der Waals surface area contributed by atoms with Gasteiger partial charge in [-0.2, -0.15) is 0 Å². The van der Waals surface area contributed by atoms with Gasteiger partial charge >= 0.3 is 5.97 Å². The van der Waals surface area contributed by atoms with E-state index in [2.05, 4.69) is 5.32 Å². The highest BCUT2D eigenvalue weighted by Crippen LogP contribution is 2.51. The van der Waals surface area contributed by atoms with Crippen molar-refractivity contribution in [2.24, 2.45) is 11.8 Å². The average Bonchev–Trinajstić information content (AvgIpc) is 3.29. The number of amidine groups is 1. The Bertz CT molecular complexity index is 869. The number of carboxylic acid groups (broad SMARTS) is 1. The molecular weight excluding hydrogens is 434 g/mol. The number of nitrogens with zero attached hydrogens (tertiary/aromatic N) is 3. The maximum absolute atomic E-state index is 13.0. The third kappa shape index (κ3) is 3.80. The SMILES string of the molecule is CC(=N)N1CCN(C(=O)[C@@H]2C[C@H](SC3=C(C(=O)O)N4C(=O)[C@H](C(C)O)[C@H]4[C@H]3C)CN2)CC1. The Labute approximate surface area is 191 Å². The molecule has 0 aromatic carbocycles. The van der Waals surface area contributed by atoms with E-state index in [0.29, 0.717) is 49.9 Å². The Morgan fingerprint density at radius 1 is 1.22 bits per heavy atom. The molecule has 3 saturated heterocycles. The van der Waals surface area contributed by atoms with Crippen LogP contribution >= 0.6 is 11.8 Å². The lowest BCUT2D eigenvalue weighted by Crippen LogP contribution is -2.63. The molecule has 0 aromatic rings. The van der Waals surface area contributed by atoms with Gasteiger partial charge in [-0.25, -0.2) is 4.79 Å². The molecule has 1 unspecified atom stereocenters. The van der Waals surface area contributed by atoms with Crippen LogP contribution in [0.5, 0.6) is 0 Å². The van der Waals surface area contributed by atoms with Crippen LogP contribution in [-0.2, 0) is 14.4 Å². The Morgan fingerprint density at radius 3 is 2.41 bits per heavy atom. The Balaban J connectivity index is 1.40. The summed E-state index contributed by atoms with van der Waals surface area (Å²) in [5.41, 5.74) is 0.0299. The summed E-state index contributed by atoms with van der Waals surface area (Å²) in [5.74, 6) is -1.64. The van der Waals surface area contributed by atoms with Crippen LogP contribution in [0.3, 0.4) is 0 Å². The quantitative estimate of drug-likeness (QED) is 0.248. The third-order valence-corrected chi connectivity index (χ3v) is 8.57.